The third kappa shape index (κ3) is 5.19. The number of hydrogen-bond donors (Lipinski definition) is 1. The van der Waals surface area contributed by atoms with Gasteiger partial charge in [-0.2, -0.15) is 5.26 Å². The summed E-state index contributed by atoms with van der Waals surface area (Å²) in [6, 6.07) is 8.85. The normalized spacial score (nSPS) is 13.4. The van der Waals surface area contributed by atoms with Gasteiger partial charge in [-0.05, 0) is 44.2 Å². The topological polar surface area (TPSA) is 79.0 Å². The number of nitro benzene ring substituents is 1. The number of nitriles is 1. The zero-order valence-electron chi connectivity index (χ0n) is 11.8. The molecular formula is C14H19N3O2S. The van der Waals surface area contributed by atoms with Gasteiger partial charge in [-0.15, -0.1) is 11.8 Å². The molecule has 1 aromatic rings. The molecule has 0 spiro atoms. The molecule has 1 unspecified atom stereocenters. The molecule has 0 aromatic heterocycles. The van der Waals surface area contributed by atoms with Crippen LogP contribution >= 0.6 is 11.8 Å². The van der Waals surface area contributed by atoms with Crippen LogP contribution in [0.5, 0.6) is 0 Å². The van der Waals surface area contributed by atoms with Crippen LogP contribution in [0.25, 0.3) is 0 Å². The van der Waals surface area contributed by atoms with Gasteiger partial charge in [0.15, 0.2) is 0 Å². The van der Waals surface area contributed by atoms with Gasteiger partial charge in [-0.1, -0.05) is 6.92 Å². The van der Waals surface area contributed by atoms with Crippen molar-refractivity contribution in [2.45, 2.75) is 37.1 Å². The van der Waals surface area contributed by atoms with Crippen molar-refractivity contribution in [3.63, 3.8) is 0 Å². The van der Waals surface area contributed by atoms with Crippen molar-refractivity contribution in [1.29, 1.82) is 5.26 Å². The molecule has 1 rings (SSSR count). The molecule has 0 bridgehead atoms. The van der Waals surface area contributed by atoms with Crippen molar-refractivity contribution in [3.8, 4) is 6.07 Å². The summed E-state index contributed by atoms with van der Waals surface area (Å²) in [6.07, 6.45) is 1.70. The van der Waals surface area contributed by atoms with Crippen molar-refractivity contribution >= 4 is 17.4 Å². The summed E-state index contributed by atoms with van der Waals surface area (Å²) in [5.41, 5.74) is -0.358. The number of nitrogens with one attached hydrogen (secondary N) is 1. The Morgan fingerprint density at radius 3 is 2.60 bits per heavy atom. The Labute approximate surface area is 123 Å². The average Bonchev–Trinajstić information content (AvgIpc) is 2.44. The van der Waals surface area contributed by atoms with Gasteiger partial charge in [0.2, 0.25) is 0 Å². The molecule has 0 saturated carbocycles. The van der Waals surface area contributed by atoms with Gasteiger partial charge in [-0.3, -0.25) is 15.4 Å². The molecule has 0 heterocycles. The third-order valence-corrected chi connectivity index (χ3v) is 4.05. The zero-order valence-corrected chi connectivity index (χ0v) is 12.6. The fourth-order valence-electron chi connectivity index (χ4n) is 1.85. The van der Waals surface area contributed by atoms with Gasteiger partial charge in [-0.25, -0.2) is 0 Å². The lowest BCUT2D eigenvalue weighted by Crippen LogP contribution is -2.40. The highest BCUT2D eigenvalue weighted by Gasteiger charge is 2.21. The SMILES string of the molecule is CCNC(C)(C#N)CCCSc1ccc([N+](=O)[O-])cc1. The van der Waals surface area contributed by atoms with E-state index in [1.165, 1.54) is 12.1 Å². The lowest BCUT2D eigenvalue weighted by molar-refractivity contribution is -0.384. The third-order valence-electron chi connectivity index (χ3n) is 2.95. The second kappa shape index (κ2) is 7.88. The summed E-state index contributed by atoms with van der Waals surface area (Å²) in [6.45, 7) is 4.67. The maximum Gasteiger partial charge on any atom is 0.269 e. The number of nitrogens with zero attached hydrogens (tertiary/aromatic N) is 2. The van der Waals surface area contributed by atoms with E-state index in [2.05, 4.69) is 11.4 Å². The van der Waals surface area contributed by atoms with Gasteiger partial charge in [0, 0.05) is 17.0 Å². The molecule has 0 aliphatic carbocycles. The Bertz CT molecular complexity index is 484. The van der Waals surface area contributed by atoms with Gasteiger partial charge in [0.25, 0.3) is 5.69 Å². The molecule has 0 amide bonds. The first-order valence-electron chi connectivity index (χ1n) is 6.54. The van der Waals surface area contributed by atoms with E-state index in [0.29, 0.717) is 0 Å². The molecule has 0 fully saturated rings. The fraction of sp³-hybridized carbons (Fsp3) is 0.500. The van der Waals surface area contributed by atoms with E-state index in [1.807, 2.05) is 13.8 Å². The van der Waals surface area contributed by atoms with E-state index < -0.39 is 10.5 Å². The van der Waals surface area contributed by atoms with E-state index in [0.717, 1.165) is 30.0 Å². The molecule has 20 heavy (non-hydrogen) atoms. The van der Waals surface area contributed by atoms with Gasteiger partial charge in [0.05, 0.1) is 11.0 Å². The molecule has 6 heteroatoms. The number of non-ortho nitro benzene ring substituents is 1. The van der Waals surface area contributed by atoms with Gasteiger partial charge >= 0.3 is 0 Å². The summed E-state index contributed by atoms with van der Waals surface area (Å²) >= 11 is 1.65. The van der Waals surface area contributed by atoms with Crippen LogP contribution in [0.15, 0.2) is 29.2 Å². The molecule has 0 saturated heterocycles. The first-order chi connectivity index (χ1) is 9.50. The maximum absolute atomic E-state index is 10.5. The monoisotopic (exact) mass is 293 g/mol. The first kappa shape index (κ1) is 16.5. The van der Waals surface area contributed by atoms with Crippen molar-refractivity contribution in [2.24, 2.45) is 0 Å². The highest BCUT2D eigenvalue weighted by Crippen LogP contribution is 2.23. The fourth-order valence-corrected chi connectivity index (χ4v) is 2.71. The standard InChI is InChI=1S/C14H19N3O2S/c1-3-16-14(2,11-15)9-4-10-20-13-7-5-12(6-8-13)17(18)19/h5-8,16H,3-4,9-10H2,1-2H3. The van der Waals surface area contributed by atoms with Crippen molar-refractivity contribution in [1.82, 2.24) is 5.32 Å². The minimum Gasteiger partial charge on any atom is -0.300 e. The summed E-state index contributed by atoms with van der Waals surface area (Å²) in [7, 11) is 0. The predicted molar refractivity (Wildman–Crippen MR) is 80.7 cm³/mol. The van der Waals surface area contributed by atoms with Crippen molar-refractivity contribution in [2.75, 3.05) is 12.3 Å². The minimum absolute atomic E-state index is 0.110. The van der Waals surface area contributed by atoms with Crippen LogP contribution in [0.3, 0.4) is 0 Å². The molecule has 1 N–H and O–H groups in total. The molecule has 0 radical (unpaired) electrons. The zero-order chi connectivity index (χ0) is 15.0. The summed E-state index contributed by atoms with van der Waals surface area (Å²) in [5.74, 6) is 0.889. The number of thioether (sulfide) groups is 1. The molecule has 0 aliphatic heterocycles. The second-order valence-corrected chi connectivity index (χ2v) is 5.85. The van der Waals surface area contributed by atoms with E-state index in [-0.39, 0.29) is 5.69 Å². The van der Waals surface area contributed by atoms with Crippen LogP contribution in [0, 0.1) is 21.4 Å². The van der Waals surface area contributed by atoms with E-state index in [1.54, 1.807) is 23.9 Å². The Morgan fingerprint density at radius 1 is 1.45 bits per heavy atom. The van der Waals surface area contributed by atoms with E-state index in [9.17, 15) is 10.1 Å². The summed E-state index contributed by atoms with van der Waals surface area (Å²) in [5, 5.41) is 22.9. The second-order valence-electron chi connectivity index (χ2n) is 4.68. The van der Waals surface area contributed by atoms with E-state index >= 15 is 0 Å². The smallest absolute Gasteiger partial charge is 0.269 e. The van der Waals surface area contributed by atoms with Crippen LogP contribution in [0.4, 0.5) is 5.69 Å². The Hall–Kier alpha value is -1.58. The number of hydrogen-bond acceptors (Lipinski definition) is 5. The number of rotatable bonds is 8. The Balaban J connectivity index is 2.38. The summed E-state index contributed by atoms with van der Waals surface area (Å²) in [4.78, 5) is 11.2. The van der Waals surface area contributed by atoms with Crippen LogP contribution in [0.1, 0.15) is 26.7 Å². The Kier molecular flexibility index (Phi) is 6.49. The molecule has 0 aliphatic rings. The van der Waals surface area contributed by atoms with Crippen molar-refractivity contribution in [3.05, 3.63) is 34.4 Å². The van der Waals surface area contributed by atoms with Crippen LogP contribution in [-0.4, -0.2) is 22.8 Å². The quantitative estimate of drug-likeness (QED) is 0.344. The first-order valence-corrected chi connectivity index (χ1v) is 7.53. The van der Waals surface area contributed by atoms with Gasteiger partial charge < -0.3 is 0 Å². The minimum atomic E-state index is -0.467. The van der Waals surface area contributed by atoms with Crippen LogP contribution in [0.2, 0.25) is 0 Å². The van der Waals surface area contributed by atoms with E-state index in [4.69, 9.17) is 5.26 Å². The highest BCUT2D eigenvalue weighted by atomic mass is 32.2. The highest BCUT2D eigenvalue weighted by molar-refractivity contribution is 7.99. The van der Waals surface area contributed by atoms with Crippen molar-refractivity contribution < 1.29 is 4.92 Å². The number of benzene rings is 1. The molecular weight excluding hydrogens is 274 g/mol. The molecule has 5 nitrogen and oxygen atoms in total. The van der Waals surface area contributed by atoms with Crippen LogP contribution < -0.4 is 5.32 Å². The lowest BCUT2D eigenvalue weighted by atomic mass is 9.98. The number of nitro groups is 1. The summed E-state index contributed by atoms with van der Waals surface area (Å²) < 4.78 is 0. The Morgan fingerprint density at radius 2 is 2.10 bits per heavy atom. The molecule has 108 valence electrons. The average molecular weight is 293 g/mol. The predicted octanol–water partition coefficient (Wildman–Crippen LogP) is 3.36. The maximum atomic E-state index is 10.5. The lowest BCUT2D eigenvalue weighted by Gasteiger charge is -2.22. The molecule has 1 aromatic carbocycles. The molecule has 1 atom stereocenters. The largest absolute Gasteiger partial charge is 0.300 e. The van der Waals surface area contributed by atoms with Gasteiger partial charge in [0.1, 0.15) is 5.54 Å². The van der Waals surface area contributed by atoms with Crippen LogP contribution in [-0.2, 0) is 0 Å².